The van der Waals surface area contributed by atoms with Crippen LogP contribution in [0.4, 0.5) is 13.2 Å². The highest BCUT2D eigenvalue weighted by molar-refractivity contribution is 9.10. The van der Waals surface area contributed by atoms with Crippen LogP contribution < -0.4 is 5.32 Å². The third-order valence-corrected chi connectivity index (χ3v) is 3.05. The molecular weight excluding hydrogens is 311 g/mol. The van der Waals surface area contributed by atoms with Gasteiger partial charge < -0.3 is 5.32 Å². The molecule has 0 bridgehead atoms. The van der Waals surface area contributed by atoms with Crippen LogP contribution in [0, 0.1) is 0 Å². The molecule has 0 aliphatic rings. The van der Waals surface area contributed by atoms with E-state index in [4.69, 9.17) is 0 Å². The Morgan fingerprint density at radius 1 is 1.44 bits per heavy atom. The first-order chi connectivity index (χ1) is 8.42. The summed E-state index contributed by atoms with van der Waals surface area (Å²) in [6, 6.07) is 1.72. The fraction of sp³-hybridized carbons (Fsp3) is 0.545. The van der Waals surface area contributed by atoms with Crippen LogP contribution in [0.5, 0.6) is 0 Å². The standard InChI is InChI=1S/C11H15BrF3N3/c1-16-4-5-18(8-11(13,14)15)7-9-2-3-17-6-10(9)12/h2-3,6,16H,4-5,7-8H2,1H3. The van der Waals surface area contributed by atoms with Gasteiger partial charge in [-0.05, 0) is 34.6 Å². The van der Waals surface area contributed by atoms with Crippen molar-refractivity contribution in [3.63, 3.8) is 0 Å². The van der Waals surface area contributed by atoms with Gasteiger partial charge in [0.15, 0.2) is 0 Å². The van der Waals surface area contributed by atoms with E-state index in [1.165, 1.54) is 4.90 Å². The molecule has 18 heavy (non-hydrogen) atoms. The van der Waals surface area contributed by atoms with Gasteiger partial charge in [-0.15, -0.1) is 0 Å². The van der Waals surface area contributed by atoms with Gasteiger partial charge in [0, 0.05) is 36.5 Å². The number of alkyl halides is 3. The molecule has 0 aromatic carbocycles. The maximum atomic E-state index is 12.5. The fourth-order valence-electron chi connectivity index (χ4n) is 1.51. The zero-order valence-corrected chi connectivity index (χ0v) is 11.6. The Balaban J connectivity index is 2.69. The van der Waals surface area contributed by atoms with Crippen molar-refractivity contribution < 1.29 is 13.2 Å². The Morgan fingerprint density at radius 3 is 2.72 bits per heavy atom. The van der Waals surface area contributed by atoms with Gasteiger partial charge in [0.1, 0.15) is 0 Å². The third-order valence-electron chi connectivity index (χ3n) is 2.33. The molecule has 102 valence electrons. The number of nitrogens with one attached hydrogen (secondary N) is 1. The summed E-state index contributed by atoms with van der Waals surface area (Å²) in [5.41, 5.74) is 0.797. The number of rotatable bonds is 6. The number of nitrogens with zero attached hydrogens (tertiary/aromatic N) is 2. The summed E-state index contributed by atoms with van der Waals surface area (Å²) in [7, 11) is 1.72. The fourth-order valence-corrected chi connectivity index (χ4v) is 1.89. The van der Waals surface area contributed by atoms with E-state index in [0.29, 0.717) is 13.1 Å². The second-order valence-corrected chi connectivity index (χ2v) is 4.75. The van der Waals surface area contributed by atoms with Gasteiger partial charge in [-0.25, -0.2) is 0 Å². The smallest absolute Gasteiger partial charge is 0.318 e. The van der Waals surface area contributed by atoms with Gasteiger partial charge in [-0.1, -0.05) is 0 Å². The van der Waals surface area contributed by atoms with Crippen LogP contribution in [-0.4, -0.2) is 42.7 Å². The van der Waals surface area contributed by atoms with Crippen molar-refractivity contribution in [2.75, 3.05) is 26.7 Å². The Hall–Kier alpha value is -0.660. The molecule has 1 aromatic heterocycles. The van der Waals surface area contributed by atoms with E-state index in [-0.39, 0.29) is 6.54 Å². The highest BCUT2D eigenvalue weighted by Gasteiger charge is 2.30. The van der Waals surface area contributed by atoms with Crippen LogP contribution in [-0.2, 0) is 6.54 Å². The first kappa shape index (κ1) is 15.4. The number of pyridine rings is 1. The quantitative estimate of drug-likeness (QED) is 0.870. The largest absolute Gasteiger partial charge is 0.401 e. The first-order valence-corrected chi connectivity index (χ1v) is 6.24. The highest BCUT2D eigenvalue weighted by Crippen LogP contribution is 2.20. The predicted octanol–water partition coefficient (Wildman–Crippen LogP) is 2.43. The summed E-state index contributed by atoms with van der Waals surface area (Å²) in [4.78, 5) is 5.25. The molecule has 1 aromatic rings. The van der Waals surface area contributed by atoms with Crippen molar-refractivity contribution in [2.45, 2.75) is 12.7 Å². The van der Waals surface area contributed by atoms with E-state index in [2.05, 4.69) is 26.2 Å². The Kier molecular flexibility index (Phi) is 6.04. The second-order valence-electron chi connectivity index (χ2n) is 3.90. The zero-order chi connectivity index (χ0) is 13.6. The minimum absolute atomic E-state index is 0.240. The maximum Gasteiger partial charge on any atom is 0.401 e. The van der Waals surface area contributed by atoms with Crippen LogP contribution in [0.3, 0.4) is 0 Å². The van der Waals surface area contributed by atoms with Crippen LogP contribution in [0.15, 0.2) is 22.9 Å². The van der Waals surface area contributed by atoms with E-state index < -0.39 is 12.7 Å². The SMILES string of the molecule is CNCCN(Cc1ccncc1Br)CC(F)(F)F. The molecule has 0 amide bonds. The van der Waals surface area contributed by atoms with Crippen LogP contribution in [0.2, 0.25) is 0 Å². The van der Waals surface area contributed by atoms with Crippen molar-refractivity contribution >= 4 is 15.9 Å². The molecule has 0 fully saturated rings. The van der Waals surface area contributed by atoms with Crippen molar-refractivity contribution in [3.8, 4) is 0 Å². The summed E-state index contributed by atoms with van der Waals surface area (Å²) in [5.74, 6) is 0. The molecule has 1 rings (SSSR count). The molecule has 0 aliphatic heterocycles. The van der Waals surface area contributed by atoms with E-state index in [1.807, 2.05) is 0 Å². The van der Waals surface area contributed by atoms with Crippen LogP contribution >= 0.6 is 15.9 Å². The van der Waals surface area contributed by atoms with E-state index >= 15 is 0 Å². The lowest BCUT2D eigenvalue weighted by molar-refractivity contribution is -0.146. The molecular formula is C11H15BrF3N3. The average molecular weight is 326 g/mol. The molecule has 7 heteroatoms. The number of halogens is 4. The van der Waals surface area contributed by atoms with Crippen molar-refractivity contribution in [1.82, 2.24) is 15.2 Å². The van der Waals surface area contributed by atoms with Gasteiger partial charge in [0.25, 0.3) is 0 Å². The van der Waals surface area contributed by atoms with Crippen molar-refractivity contribution in [1.29, 1.82) is 0 Å². The van der Waals surface area contributed by atoms with Crippen LogP contribution in [0.1, 0.15) is 5.56 Å². The topological polar surface area (TPSA) is 28.2 Å². The van der Waals surface area contributed by atoms with Gasteiger partial charge in [0.05, 0.1) is 6.54 Å². The maximum absolute atomic E-state index is 12.5. The highest BCUT2D eigenvalue weighted by atomic mass is 79.9. The lowest BCUT2D eigenvalue weighted by Crippen LogP contribution is -2.37. The summed E-state index contributed by atoms with van der Waals surface area (Å²) in [6.45, 7) is 0.178. The predicted molar refractivity (Wildman–Crippen MR) is 67.2 cm³/mol. The summed E-state index contributed by atoms with van der Waals surface area (Å²) in [5, 5.41) is 2.85. The van der Waals surface area contributed by atoms with Crippen LogP contribution in [0.25, 0.3) is 0 Å². The Labute approximate surface area is 113 Å². The molecule has 0 spiro atoms. The van der Waals surface area contributed by atoms with Crippen molar-refractivity contribution in [3.05, 3.63) is 28.5 Å². The van der Waals surface area contributed by atoms with Gasteiger partial charge in [-0.3, -0.25) is 9.88 Å². The minimum atomic E-state index is -4.19. The molecule has 0 atom stereocenters. The molecule has 0 radical (unpaired) electrons. The molecule has 0 saturated carbocycles. The van der Waals surface area contributed by atoms with Gasteiger partial charge in [-0.2, -0.15) is 13.2 Å². The lowest BCUT2D eigenvalue weighted by atomic mass is 10.2. The molecule has 3 nitrogen and oxygen atoms in total. The molecule has 1 N–H and O–H groups in total. The van der Waals surface area contributed by atoms with E-state index in [9.17, 15) is 13.2 Å². The summed E-state index contributed by atoms with van der Waals surface area (Å²) >= 11 is 3.29. The monoisotopic (exact) mass is 325 g/mol. The average Bonchev–Trinajstić information content (AvgIpc) is 2.27. The van der Waals surface area contributed by atoms with Gasteiger partial charge >= 0.3 is 6.18 Å². The normalized spacial score (nSPS) is 12.1. The van der Waals surface area contributed by atoms with E-state index in [1.54, 1.807) is 25.5 Å². The number of hydrogen-bond acceptors (Lipinski definition) is 3. The van der Waals surface area contributed by atoms with E-state index in [0.717, 1.165) is 10.0 Å². The third kappa shape index (κ3) is 5.79. The van der Waals surface area contributed by atoms with Gasteiger partial charge in [0.2, 0.25) is 0 Å². The molecule has 0 unspecified atom stereocenters. The Bertz CT molecular complexity index is 371. The molecule has 0 saturated heterocycles. The second kappa shape index (κ2) is 7.06. The van der Waals surface area contributed by atoms with Crippen molar-refractivity contribution in [2.24, 2.45) is 0 Å². The first-order valence-electron chi connectivity index (χ1n) is 5.44. The lowest BCUT2D eigenvalue weighted by Gasteiger charge is -2.23. The minimum Gasteiger partial charge on any atom is -0.318 e. The summed E-state index contributed by atoms with van der Waals surface area (Å²) < 4.78 is 38.1. The molecule has 1 heterocycles. The number of hydrogen-bond donors (Lipinski definition) is 1. The zero-order valence-electron chi connectivity index (χ0n) is 9.97. The number of aromatic nitrogens is 1. The molecule has 0 aliphatic carbocycles. The number of likely N-dealkylation sites (N-methyl/N-ethyl adjacent to an activating group) is 1. The summed E-state index contributed by atoms with van der Waals surface area (Å²) in [6.07, 6.45) is -1.03. The Morgan fingerprint density at radius 2 is 2.17 bits per heavy atom.